The third-order valence-electron chi connectivity index (χ3n) is 4.65. The molecule has 0 radical (unpaired) electrons. The molecule has 4 amide bonds. The van der Waals surface area contributed by atoms with Gasteiger partial charge in [0.2, 0.25) is 5.91 Å². The van der Waals surface area contributed by atoms with Crippen molar-refractivity contribution in [3.05, 3.63) is 28.8 Å². The minimum absolute atomic E-state index is 0.0106. The molecular formula is C17H21ClN4O3. The molecule has 2 saturated heterocycles. The van der Waals surface area contributed by atoms with Crippen LogP contribution >= 0.6 is 11.6 Å². The molecule has 0 unspecified atom stereocenters. The number of anilines is 1. The van der Waals surface area contributed by atoms with Crippen LogP contribution in [-0.2, 0) is 9.59 Å². The molecule has 1 aromatic rings. The number of imide groups is 1. The van der Waals surface area contributed by atoms with E-state index in [1.54, 1.807) is 0 Å². The van der Waals surface area contributed by atoms with Crippen molar-refractivity contribution in [2.75, 3.05) is 31.1 Å². The van der Waals surface area contributed by atoms with E-state index in [-0.39, 0.29) is 18.2 Å². The van der Waals surface area contributed by atoms with E-state index in [1.165, 1.54) is 0 Å². The molecule has 2 aliphatic rings. The summed E-state index contributed by atoms with van der Waals surface area (Å²) in [5.41, 5.74) is 2.26. The first-order valence-corrected chi connectivity index (χ1v) is 8.72. The van der Waals surface area contributed by atoms with Gasteiger partial charge < -0.3 is 15.1 Å². The van der Waals surface area contributed by atoms with Gasteiger partial charge in [0.05, 0.1) is 0 Å². The molecule has 1 atom stereocenters. The van der Waals surface area contributed by atoms with Crippen molar-refractivity contribution in [2.45, 2.75) is 25.8 Å². The Bertz CT molecular complexity index is 701. The van der Waals surface area contributed by atoms with Gasteiger partial charge in [-0.25, -0.2) is 4.79 Å². The topological polar surface area (TPSA) is 81.8 Å². The second-order valence-corrected chi connectivity index (χ2v) is 6.79. The highest BCUT2D eigenvalue weighted by atomic mass is 35.5. The fourth-order valence-corrected chi connectivity index (χ4v) is 3.37. The van der Waals surface area contributed by atoms with Gasteiger partial charge in [-0.1, -0.05) is 17.7 Å². The number of carbonyl (C=O) groups excluding carboxylic acids is 3. The molecule has 0 bridgehead atoms. The molecule has 25 heavy (non-hydrogen) atoms. The Balaban J connectivity index is 1.50. The Morgan fingerprint density at radius 3 is 2.60 bits per heavy atom. The number of amides is 4. The predicted molar refractivity (Wildman–Crippen MR) is 94.7 cm³/mol. The number of hydrogen-bond donors (Lipinski definition) is 2. The number of nitrogens with zero attached hydrogens (tertiary/aromatic N) is 2. The van der Waals surface area contributed by atoms with Crippen LogP contribution in [-0.4, -0.2) is 55.0 Å². The first-order chi connectivity index (χ1) is 11.9. The molecule has 8 heteroatoms. The maximum atomic E-state index is 12.3. The number of hydrogen-bond acceptors (Lipinski definition) is 4. The number of benzene rings is 1. The van der Waals surface area contributed by atoms with Crippen molar-refractivity contribution < 1.29 is 14.4 Å². The maximum absolute atomic E-state index is 12.3. The number of urea groups is 1. The summed E-state index contributed by atoms with van der Waals surface area (Å²) in [6, 6.07) is 4.73. The lowest BCUT2D eigenvalue weighted by molar-refractivity contribution is -0.131. The molecule has 2 heterocycles. The van der Waals surface area contributed by atoms with Crippen LogP contribution in [0.4, 0.5) is 10.5 Å². The standard InChI is InChI=1S/C17H21ClN4O3/c1-11-2-3-12(18)10-14(11)21-6-8-22(9-7-21)15(23)5-4-13-16(24)20-17(25)19-13/h2-3,10,13H,4-9H2,1H3,(H2,19,20,24,25)/t13-/m1/s1. The van der Waals surface area contributed by atoms with Crippen LogP contribution in [0.25, 0.3) is 0 Å². The van der Waals surface area contributed by atoms with Gasteiger partial charge in [0.25, 0.3) is 5.91 Å². The minimum atomic E-state index is -0.605. The zero-order valence-corrected chi connectivity index (χ0v) is 14.8. The van der Waals surface area contributed by atoms with Crippen LogP contribution in [0.5, 0.6) is 0 Å². The zero-order valence-electron chi connectivity index (χ0n) is 14.0. The van der Waals surface area contributed by atoms with E-state index in [9.17, 15) is 14.4 Å². The normalized spacial score (nSPS) is 20.5. The summed E-state index contributed by atoms with van der Waals surface area (Å²) in [6.45, 7) is 4.80. The highest BCUT2D eigenvalue weighted by Gasteiger charge is 2.30. The first-order valence-electron chi connectivity index (χ1n) is 8.34. The molecular weight excluding hydrogens is 344 g/mol. The largest absolute Gasteiger partial charge is 0.368 e. The third-order valence-corrected chi connectivity index (χ3v) is 4.88. The second kappa shape index (κ2) is 7.31. The van der Waals surface area contributed by atoms with Gasteiger partial charge in [-0.05, 0) is 31.0 Å². The first kappa shape index (κ1) is 17.5. The number of halogens is 1. The SMILES string of the molecule is Cc1ccc(Cl)cc1N1CCN(C(=O)CC[C@H]2NC(=O)NC2=O)CC1. The van der Waals surface area contributed by atoms with Crippen LogP contribution < -0.4 is 15.5 Å². The van der Waals surface area contributed by atoms with Gasteiger partial charge in [0.15, 0.2) is 0 Å². The van der Waals surface area contributed by atoms with Crippen molar-refractivity contribution in [3.8, 4) is 0 Å². The van der Waals surface area contributed by atoms with E-state index < -0.39 is 12.1 Å². The van der Waals surface area contributed by atoms with E-state index in [4.69, 9.17) is 11.6 Å². The fourth-order valence-electron chi connectivity index (χ4n) is 3.21. The van der Waals surface area contributed by atoms with Crippen molar-refractivity contribution >= 4 is 35.1 Å². The summed E-state index contributed by atoms with van der Waals surface area (Å²) in [4.78, 5) is 39.0. The van der Waals surface area contributed by atoms with E-state index in [0.29, 0.717) is 24.5 Å². The van der Waals surface area contributed by atoms with E-state index >= 15 is 0 Å². The lowest BCUT2D eigenvalue weighted by atomic mass is 10.1. The number of carbonyl (C=O) groups is 3. The Morgan fingerprint density at radius 2 is 1.96 bits per heavy atom. The molecule has 2 aliphatic heterocycles. The molecule has 1 aromatic carbocycles. The molecule has 2 fully saturated rings. The van der Waals surface area contributed by atoms with E-state index in [1.807, 2.05) is 30.0 Å². The highest BCUT2D eigenvalue weighted by Crippen LogP contribution is 2.25. The maximum Gasteiger partial charge on any atom is 0.322 e. The molecule has 7 nitrogen and oxygen atoms in total. The second-order valence-electron chi connectivity index (χ2n) is 6.35. The molecule has 0 aliphatic carbocycles. The minimum Gasteiger partial charge on any atom is -0.368 e. The lowest BCUT2D eigenvalue weighted by Crippen LogP contribution is -2.49. The Kier molecular flexibility index (Phi) is 5.13. The summed E-state index contributed by atoms with van der Waals surface area (Å²) in [5.74, 6) is -0.351. The molecule has 2 N–H and O–H groups in total. The van der Waals surface area contributed by atoms with Gasteiger partial charge in [-0.15, -0.1) is 0 Å². The van der Waals surface area contributed by atoms with Crippen LogP contribution in [0.15, 0.2) is 18.2 Å². The molecule has 0 aromatic heterocycles. The van der Waals surface area contributed by atoms with Gasteiger partial charge in [0.1, 0.15) is 6.04 Å². The Labute approximate surface area is 151 Å². The molecule has 3 rings (SSSR count). The van der Waals surface area contributed by atoms with E-state index in [2.05, 4.69) is 15.5 Å². The summed E-state index contributed by atoms with van der Waals surface area (Å²) >= 11 is 6.09. The fraction of sp³-hybridized carbons (Fsp3) is 0.471. The van der Waals surface area contributed by atoms with Crippen molar-refractivity contribution in [1.82, 2.24) is 15.5 Å². The van der Waals surface area contributed by atoms with Crippen molar-refractivity contribution in [1.29, 1.82) is 0 Å². The lowest BCUT2D eigenvalue weighted by Gasteiger charge is -2.37. The average molecular weight is 365 g/mol. The van der Waals surface area contributed by atoms with Gasteiger partial charge in [0, 0.05) is 43.3 Å². The van der Waals surface area contributed by atoms with Crippen LogP contribution in [0.1, 0.15) is 18.4 Å². The molecule has 134 valence electrons. The van der Waals surface area contributed by atoms with Crippen molar-refractivity contribution in [2.24, 2.45) is 0 Å². The summed E-state index contributed by atoms with van der Waals surface area (Å²) in [6.07, 6.45) is 0.568. The Hall–Kier alpha value is -2.28. The molecule has 0 spiro atoms. The smallest absolute Gasteiger partial charge is 0.322 e. The third kappa shape index (κ3) is 4.04. The van der Waals surface area contributed by atoms with Crippen LogP contribution in [0.3, 0.4) is 0 Å². The van der Waals surface area contributed by atoms with Crippen molar-refractivity contribution in [3.63, 3.8) is 0 Å². The number of rotatable bonds is 4. The van der Waals surface area contributed by atoms with Gasteiger partial charge >= 0.3 is 6.03 Å². The predicted octanol–water partition coefficient (Wildman–Crippen LogP) is 1.29. The zero-order chi connectivity index (χ0) is 18.0. The van der Waals surface area contributed by atoms with Gasteiger partial charge in [-0.2, -0.15) is 0 Å². The monoisotopic (exact) mass is 364 g/mol. The average Bonchev–Trinajstić information content (AvgIpc) is 2.92. The quantitative estimate of drug-likeness (QED) is 0.789. The highest BCUT2D eigenvalue weighted by molar-refractivity contribution is 6.30. The summed E-state index contributed by atoms with van der Waals surface area (Å²) in [5, 5.41) is 5.39. The Morgan fingerprint density at radius 1 is 1.24 bits per heavy atom. The number of nitrogens with one attached hydrogen (secondary N) is 2. The van der Waals surface area contributed by atoms with Crippen LogP contribution in [0, 0.1) is 6.92 Å². The summed E-state index contributed by atoms with van der Waals surface area (Å²) in [7, 11) is 0. The summed E-state index contributed by atoms with van der Waals surface area (Å²) < 4.78 is 0. The number of piperazine rings is 1. The van der Waals surface area contributed by atoms with E-state index in [0.717, 1.165) is 24.3 Å². The number of aryl methyl sites for hydroxylation is 1. The molecule has 0 saturated carbocycles. The van der Waals surface area contributed by atoms with Crippen LogP contribution in [0.2, 0.25) is 5.02 Å². The van der Waals surface area contributed by atoms with Gasteiger partial charge in [-0.3, -0.25) is 14.9 Å².